The summed E-state index contributed by atoms with van der Waals surface area (Å²) in [4.78, 5) is 0. The van der Waals surface area contributed by atoms with E-state index < -0.39 is 0 Å². The molecule has 0 spiro atoms. The third kappa shape index (κ3) is 0.867. The average Bonchev–Trinajstić information content (AvgIpc) is 2.20. The van der Waals surface area contributed by atoms with Crippen LogP contribution in [0.4, 0.5) is 0 Å². The van der Waals surface area contributed by atoms with Crippen LogP contribution in [0.15, 0.2) is 0 Å². The average molecular weight is 140 g/mol. The van der Waals surface area contributed by atoms with Crippen molar-refractivity contribution in [1.29, 1.82) is 0 Å². The Labute approximate surface area is 62.4 Å². The Kier molecular flexibility index (Phi) is 1.46. The molecule has 10 heavy (non-hydrogen) atoms. The molecule has 2 unspecified atom stereocenters. The van der Waals surface area contributed by atoms with Crippen molar-refractivity contribution in [2.75, 3.05) is 0 Å². The molecule has 2 bridgehead atoms. The molecule has 2 heteroatoms. The molecule has 0 aliphatic carbocycles. The highest BCUT2D eigenvalue weighted by molar-refractivity contribution is 4.90. The molecule has 2 saturated heterocycles. The highest BCUT2D eigenvalue weighted by Gasteiger charge is 2.37. The van der Waals surface area contributed by atoms with Gasteiger partial charge < -0.3 is 0 Å². The van der Waals surface area contributed by atoms with E-state index in [0.29, 0.717) is 12.1 Å². The van der Waals surface area contributed by atoms with Crippen LogP contribution >= 0.6 is 0 Å². The van der Waals surface area contributed by atoms with E-state index >= 15 is 0 Å². The predicted molar refractivity (Wildman–Crippen MR) is 41.2 cm³/mol. The van der Waals surface area contributed by atoms with Gasteiger partial charge in [-0.05, 0) is 31.6 Å². The fourth-order valence-electron chi connectivity index (χ4n) is 2.49. The Morgan fingerprint density at radius 2 is 1.70 bits per heavy atom. The molecule has 2 heterocycles. The fourth-order valence-corrected chi connectivity index (χ4v) is 2.49. The van der Waals surface area contributed by atoms with Crippen molar-refractivity contribution in [1.82, 2.24) is 5.01 Å². The first-order valence-corrected chi connectivity index (χ1v) is 4.30. The van der Waals surface area contributed by atoms with E-state index in [0.717, 1.165) is 5.92 Å². The van der Waals surface area contributed by atoms with Crippen LogP contribution in [0.2, 0.25) is 0 Å². The first-order chi connectivity index (χ1) is 4.77. The third-order valence-electron chi connectivity index (χ3n) is 3.03. The van der Waals surface area contributed by atoms with Crippen LogP contribution in [0, 0.1) is 5.92 Å². The van der Waals surface area contributed by atoms with Gasteiger partial charge in [-0.3, -0.25) is 5.84 Å². The molecule has 2 aliphatic heterocycles. The zero-order chi connectivity index (χ0) is 7.14. The van der Waals surface area contributed by atoms with Crippen molar-refractivity contribution < 1.29 is 0 Å². The minimum Gasteiger partial charge on any atom is -0.268 e. The highest BCUT2D eigenvalue weighted by atomic mass is 15.5. The lowest BCUT2D eigenvalue weighted by Gasteiger charge is -2.33. The van der Waals surface area contributed by atoms with Gasteiger partial charge in [0.2, 0.25) is 0 Å². The van der Waals surface area contributed by atoms with Crippen LogP contribution in [-0.4, -0.2) is 17.1 Å². The fraction of sp³-hybridized carbons (Fsp3) is 1.00. The number of fused-ring (bicyclic) bond motifs is 2. The molecule has 0 saturated carbocycles. The standard InChI is InChI=1S/C8H16N2/c1-6-4-7-2-3-8(5-6)10(7)9/h6-8H,2-5,9H2,1H3. The van der Waals surface area contributed by atoms with E-state index in [2.05, 4.69) is 11.9 Å². The lowest BCUT2D eigenvalue weighted by atomic mass is 9.94. The van der Waals surface area contributed by atoms with Crippen LogP contribution < -0.4 is 5.84 Å². The number of hydrogen-bond donors (Lipinski definition) is 1. The highest BCUT2D eigenvalue weighted by Crippen LogP contribution is 2.35. The Morgan fingerprint density at radius 3 is 2.20 bits per heavy atom. The summed E-state index contributed by atoms with van der Waals surface area (Å²) in [5.41, 5.74) is 0. The maximum Gasteiger partial charge on any atom is 0.0247 e. The van der Waals surface area contributed by atoms with Crippen molar-refractivity contribution in [3.8, 4) is 0 Å². The number of hydrazine groups is 1. The molecule has 2 N–H and O–H groups in total. The van der Waals surface area contributed by atoms with Crippen molar-refractivity contribution in [3.63, 3.8) is 0 Å². The summed E-state index contributed by atoms with van der Waals surface area (Å²) >= 11 is 0. The van der Waals surface area contributed by atoms with E-state index in [1.807, 2.05) is 0 Å². The summed E-state index contributed by atoms with van der Waals surface area (Å²) in [6, 6.07) is 1.43. The smallest absolute Gasteiger partial charge is 0.0247 e. The first-order valence-electron chi connectivity index (χ1n) is 4.30. The quantitative estimate of drug-likeness (QED) is 0.511. The summed E-state index contributed by atoms with van der Waals surface area (Å²) in [6.07, 6.45) is 5.33. The Morgan fingerprint density at radius 1 is 1.20 bits per heavy atom. The second-order valence-electron chi connectivity index (χ2n) is 3.91. The molecule has 58 valence electrons. The lowest BCUT2D eigenvalue weighted by Crippen LogP contribution is -2.46. The molecular weight excluding hydrogens is 124 g/mol. The minimum absolute atomic E-state index is 0.716. The lowest BCUT2D eigenvalue weighted by molar-refractivity contribution is 0.111. The monoisotopic (exact) mass is 140 g/mol. The van der Waals surface area contributed by atoms with E-state index in [1.165, 1.54) is 25.7 Å². The van der Waals surface area contributed by atoms with Gasteiger partial charge in [0.25, 0.3) is 0 Å². The van der Waals surface area contributed by atoms with Crippen LogP contribution in [0.1, 0.15) is 32.6 Å². The molecule has 2 aliphatic rings. The summed E-state index contributed by atoms with van der Waals surface area (Å²) in [5.74, 6) is 6.79. The van der Waals surface area contributed by atoms with Crippen molar-refractivity contribution in [3.05, 3.63) is 0 Å². The van der Waals surface area contributed by atoms with Gasteiger partial charge in [0.05, 0.1) is 0 Å². The van der Waals surface area contributed by atoms with Crippen LogP contribution in [0.25, 0.3) is 0 Å². The van der Waals surface area contributed by atoms with E-state index in [9.17, 15) is 0 Å². The summed E-state index contributed by atoms with van der Waals surface area (Å²) in [5, 5.41) is 2.10. The zero-order valence-corrected chi connectivity index (χ0v) is 6.59. The van der Waals surface area contributed by atoms with E-state index in [1.54, 1.807) is 0 Å². The second kappa shape index (κ2) is 2.21. The van der Waals surface area contributed by atoms with Gasteiger partial charge in [0, 0.05) is 12.1 Å². The first kappa shape index (κ1) is 6.62. The van der Waals surface area contributed by atoms with Crippen LogP contribution in [0.3, 0.4) is 0 Å². The van der Waals surface area contributed by atoms with Gasteiger partial charge in [-0.1, -0.05) is 6.92 Å². The van der Waals surface area contributed by atoms with Gasteiger partial charge >= 0.3 is 0 Å². The van der Waals surface area contributed by atoms with E-state index in [4.69, 9.17) is 5.84 Å². The Balaban J connectivity index is 2.09. The molecule has 0 aromatic rings. The summed E-state index contributed by atoms with van der Waals surface area (Å²) in [6.45, 7) is 2.35. The molecular formula is C8H16N2. The molecule has 2 nitrogen and oxygen atoms in total. The van der Waals surface area contributed by atoms with Gasteiger partial charge in [0.1, 0.15) is 0 Å². The second-order valence-corrected chi connectivity index (χ2v) is 3.91. The maximum absolute atomic E-state index is 5.88. The molecule has 2 atom stereocenters. The van der Waals surface area contributed by atoms with E-state index in [-0.39, 0.29) is 0 Å². The normalized spacial score (nSPS) is 48.0. The maximum atomic E-state index is 5.88. The number of piperidine rings is 1. The number of rotatable bonds is 0. The van der Waals surface area contributed by atoms with Crippen LogP contribution in [0.5, 0.6) is 0 Å². The third-order valence-corrected chi connectivity index (χ3v) is 3.03. The number of nitrogens with two attached hydrogens (primary N) is 1. The Hall–Kier alpha value is -0.0800. The van der Waals surface area contributed by atoms with Crippen molar-refractivity contribution in [2.45, 2.75) is 44.7 Å². The Bertz CT molecular complexity index is 121. The largest absolute Gasteiger partial charge is 0.268 e. The van der Waals surface area contributed by atoms with Gasteiger partial charge in [-0.25, -0.2) is 5.01 Å². The molecule has 0 amide bonds. The molecule has 2 fully saturated rings. The topological polar surface area (TPSA) is 29.3 Å². The molecule has 0 aromatic carbocycles. The summed E-state index contributed by atoms with van der Waals surface area (Å²) < 4.78 is 0. The predicted octanol–water partition coefficient (Wildman–Crippen LogP) is 1.12. The van der Waals surface area contributed by atoms with Gasteiger partial charge in [-0.15, -0.1) is 0 Å². The molecule has 2 rings (SSSR count). The summed E-state index contributed by atoms with van der Waals surface area (Å²) in [7, 11) is 0. The SMILES string of the molecule is CC1CC2CCC(C1)N2N. The van der Waals surface area contributed by atoms with Crippen molar-refractivity contribution in [2.24, 2.45) is 11.8 Å². The molecule has 0 aromatic heterocycles. The van der Waals surface area contributed by atoms with Gasteiger partial charge in [0.15, 0.2) is 0 Å². The van der Waals surface area contributed by atoms with Crippen molar-refractivity contribution >= 4 is 0 Å². The number of nitrogens with zero attached hydrogens (tertiary/aromatic N) is 1. The number of hydrogen-bond acceptors (Lipinski definition) is 2. The molecule has 0 radical (unpaired) electrons. The van der Waals surface area contributed by atoms with Gasteiger partial charge in [-0.2, -0.15) is 0 Å². The van der Waals surface area contributed by atoms with Crippen LogP contribution in [-0.2, 0) is 0 Å². The zero-order valence-electron chi connectivity index (χ0n) is 6.59. The minimum atomic E-state index is 0.716.